The Labute approximate surface area is 70.1 Å². The second-order valence-corrected chi connectivity index (χ2v) is 3.51. The SMILES string of the molecule is Brc1cnc2sccc2n1. The molecule has 0 aliphatic carbocycles. The van der Waals surface area contributed by atoms with Crippen molar-refractivity contribution in [3.8, 4) is 0 Å². The molecule has 0 radical (unpaired) electrons. The first-order valence-electron chi connectivity index (χ1n) is 2.72. The number of nitrogens with zero attached hydrogens (tertiary/aromatic N) is 2. The van der Waals surface area contributed by atoms with Gasteiger partial charge < -0.3 is 0 Å². The minimum Gasteiger partial charge on any atom is -0.241 e. The van der Waals surface area contributed by atoms with E-state index in [1.54, 1.807) is 17.5 Å². The molecule has 2 aromatic heterocycles. The van der Waals surface area contributed by atoms with E-state index in [1.807, 2.05) is 11.4 Å². The molecule has 0 aliphatic heterocycles. The minimum atomic E-state index is 0.790. The molecule has 50 valence electrons. The third kappa shape index (κ3) is 0.932. The van der Waals surface area contributed by atoms with Gasteiger partial charge in [0.15, 0.2) is 0 Å². The summed E-state index contributed by atoms with van der Waals surface area (Å²) in [5.41, 5.74) is 0.958. The number of hydrogen-bond donors (Lipinski definition) is 0. The van der Waals surface area contributed by atoms with Crippen LogP contribution in [0.15, 0.2) is 22.2 Å². The Morgan fingerprint density at radius 1 is 1.50 bits per heavy atom. The summed E-state index contributed by atoms with van der Waals surface area (Å²) in [6, 6.07) is 1.96. The Morgan fingerprint density at radius 2 is 2.40 bits per heavy atom. The number of halogens is 1. The van der Waals surface area contributed by atoms with Crippen molar-refractivity contribution in [2.75, 3.05) is 0 Å². The van der Waals surface area contributed by atoms with Crippen molar-refractivity contribution in [1.29, 1.82) is 0 Å². The van der Waals surface area contributed by atoms with Crippen LogP contribution < -0.4 is 0 Å². The summed E-state index contributed by atoms with van der Waals surface area (Å²) in [5.74, 6) is 0. The zero-order valence-corrected chi connectivity index (χ0v) is 7.32. The molecule has 4 heteroatoms. The van der Waals surface area contributed by atoms with E-state index in [4.69, 9.17) is 0 Å². The van der Waals surface area contributed by atoms with Crippen LogP contribution >= 0.6 is 27.3 Å². The molecule has 0 bridgehead atoms. The summed E-state index contributed by atoms with van der Waals surface area (Å²) in [7, 11) is 0. The maximum absolute atomic E-state index is 4.20. The van der Waals surface area contributed by atoms with Crippen LogP contribution in [0.25, 0.3) is 10.3 Å². The summed E-state index contributed by atoms with van der Waals surface area (Å²) in [6.45, 7) is 0. The van der Waals surface area contributed by atoms with Gasteiger partial charge in [-0.05, 0) is 27.4 Å². The topological polar surface area (TPSA) is 25.8 Å². The zero-order valence-electron chi connectivity index (χ0n) is 4.91. The predicted molar refractivity (Wildman–Crippen MR) is 45.1 cm³/mol. The van der Waals surface area contributed by atoms with Crippen LogP contribution in [-0.2, 0) is 0 Å². The van der Waals surface area contributed by atoms with Crippen LogP contribution in [0.3, 0.4) is 0 Å². The van der Waals surface area contributed by atoms with Gasteiger partial charge in [0.2, 0.25) is 0 Å². The third-order valence-corrected chi connectivity index (χ3v) is 2.33. The van der Waals surface area contributed by atoms with Gasteiger partial charge in [-0.3, -0.25) is 0 Å². The van der Waals surface area contributed by atoms with Gasteiger partial charge >= 0.3 is 0 Å². The molecule has 2 aromatic rings. The van der Waals surface area contributed by atoms with E-state index in [1.165, 1.54) is 0 Å². The molecule has 2 rings (SSSR count). The average molecular weight is 215 g/mol. The second-order valence-electron chi connectivity index (χ2n) is 1.80. The van der Waals surface area contributed by atoms with Gasteiger partial charge in [0.1, 0.15) is 15.0 Å². The van der Waals surface area contributed by atoms with Crippen molar-refractivity contribution in [2.24, 2.45) is 0 Å². The maximum Gasteiger partial charge on any atom is 0.141 e. The van der Waals surface area contributed by atoms with Gasteiger partial charge in [-0.15, -0.1) is 11.3 Å². The first-order chi connectivity index (χ1) is 4.86. The fraction of sp³-hybridized carbons (Fsp3) is 0. The van der Waals surface area contributed by atoms with Gasteiger partial charge in [-0.2, -0.15) is 0 Å². The quantitative estimate of drug-likeness (QED) is 0.674. The lowest BCUT2D eigenvalue weighted by atomic mass is 10.5. The van der Waals surface area contributed by atoms with Crippen molar-refractivity contribution >= 4 is 37.6 Å². The largest absolute Gasteiger partial charge is 0.241 e. The molecule has 0 aliphatic rings. The number of thiophene rings is 1. The van der Waals surface area contributed by atoms with E-state index in [9.17, 15) is 0 Å². The lowest BCUT2D eigenvalue weighted by Gasteiger charge is -1.86. The fourth-order valence-corrected chi connectivity index (χ4v) is 1.70. The monoisotopic (exact) mass is 214 g/mol. The summed E-state index contributed by atoms with van der Waals surface area (Å²) in [4.78, 5) is 9.34. The van der Waals surface area contributed by atoms with Crippen LogP contribution in [0, 0.1) is 0 Å². The lowest BCUT2D eigenvalue weighted by molar-refractivity contribution is 1.27. The van der Waals surface area contributed by atoms with Crippen molar-refractivity contribution in [3.05, 3.63) is 22.2 Å². The Morgan fingerprint density at radius 3 is 3.30 bits per heavy atom. The number of rotatable bonds is 0. The molecule has 0 saturated carbocycles. The Bertz CT molecular complexity index is 357. The van der Waals surface area contributed by atoms with Crippen LogP contribution in [-0.4, -0.2) is 9.97 Å². The zero-order chi connectivity index (χ0) is 6.97. The lowest BCUT2D eigenvalue weighted by Crippen LogP contribution is -1.76. The van der Waals surface area contributed by atoms with Gasteiger partial charge in [0, 0.05) is 0 Å². The van der Waals surface area contributed by atoms with Crippen molar-refractivity contribution in [3.63, 3.8) is 0 Å². The van der Waals surface area contributed by atoms with E-state index in [0.717, 1.165) is 15.0 Å². The fourth-order valence-electron chi connectivity index (χ4n) is 0.732. The second kappa shape index (κ2) is 2.29. The molecule has 0 aromatic carbocycles. The predicted octanol–water partition coefficient (Wildman–Crippen LogP) is 2.45. The molecule has 0 amide bonds. The number of fused-ring (bicyclic) bond motifs is 1. The standard InChI is InChI=1S/C6H3BrN2S/c7-5-3-8-6-4(9-5)1-2-10-6/h1-3H. The molecule has 2 nitrogen and oxygen atoms in total. The maximum atomic E-state index is 4.20. The van der Waals surface area contributed by atoms with E-state index in [-0.39, 0.29) is 0 Å². The summed E-state index contributed by atoms with van der Waals surface area (Å²) in [5, 5.41) is 1.98. The number of hydrogen-bond acceptors (Lipinski definition) is 3. The smallest absolute Gasteiger partial charge is 0.141 e. The van der Waals surface area contributed by atoms with Gasteiger partial charge in [0.25, 0.3) is 0 Å². The molecular formula is C6H3BrN2S. The molecule has 0 saturated heterocycles. The van der Waals surface area contributed by atoms with E-state index in [0.29, 0.717) is 0 Å². The van der Waals surface area contributed by atoms with Crippen LogP contribution in [0.1, 0.15) is 0 Å². The Hall–Kier alpha value is -0.480. The van der Waals surface area contributed by atoms with Gasteiger partial charge in [0.05, 0.1) is 6.20 Å². The minimum absolute atomic E-state index is 0.790. The molecule has 0 atom stereocenters. The molecular weight excluding hydrogens is 212 g/mol. The van der Waals surface area contributed by atoms with Crippen LogP contribution in [0.5, 0.6) is 0 Å². The summed E-state index contributed by atoms with van der Waals surface area (Å²) < 4.78 is 0.790. The van der Waals surface area contributed by atoms with E-state index >= 15 is 0 Å². The van der Waals surface area contributed by atoms with Gasteiger partial charge in [-0.25, -0.2) is 9.97 Å². The molecule has 0 unspecified atom stereocenters. The molecule has 0 spiro atoms. The average Bonchev–Trinajstić information content (AvgIpc) is 2.33. The number of aromatic nitrogens is 2. The highest BCUT2D eigenvalue weighted by Gasteiger charge is 1.96. The van der Waals surface area contributed by atoms with Crippen molar-refractivity contribution in [2.45, 2.75) is 0 Å². The third-order valence-electron chi connectivity index (χ3n) is 1.14. The van der Waals surface area contributed by atoms with Crippen molar-refractivity contribution in [1.82, 2.24) is 9.97 Å². The Balaban J connectivity index is 2.86. The van der Waals surface area contributed by atoms with Gasteiger partial charge in [-0.1, -0.05) is 0 Å². The van der Waals surface area contributed by atoms with E-state index in [2.05, 4.69) is 25.9 Å². The Kier molecular flexibility index (Phi) is 1.43. The summed E-state index contributed by atoms with van der Waals surface area (Å²) in [6.07, 6.45) is 1.71. The first-order valence-corrected chi connectivity index (χ1v) is 4.39. The molecule has 0 fully saturated rings. The van der Waals surface area contributed by atoms with E-state index < -0.39 is 0 Å². The van der Waals surface area contributed by atoms with Crippen LogP contribution in [0.4, 0.5) is 0 Å². The molecule has 0 N–H and O–H groups in total. The highest BCUT2D eigenvalue weighted by Crippen LogP contribution is 2.17. The first kappa shape index (κ1) is 6.24. The normalized spacial score (nSPS) is 10.5. The van der Waals surface area contributed by atoms with Crippen molar-refractivity contribution < 1.29 is 0 Å². The highest BCUT2D eigenvalue weighted by molar-refractivity contribution is 9.10. The molecule has 2 heterocycles. The molecule has 10 heavy (non-hydrogen) atoms. The summed E-state index contributed by atoms with van der Waals surface area (Å²) >= 11 is 4.85. The van der Waals surface area contributed by atoms with Crippen LogP contribution in [0.2, 0.25) is 0 Å². The highest BCUT2D eigenvalue weighted by atomic mass is 79.9.